The lowest BCUT2D eigenvalue weighted by Gasteiger charge is -2.20. The van der Waals surface area contributed by atoms with E-state index in [-0.39, 0.29) is 0 Å². The lowest BCUT2D eigenvalue weighted by Crippen LogP contribution is -2.38. The number of thiocarbonyl (C=S) groups is 1. The van der Waals surface area contributed by atoms with Gasteiger partial charge in [-0.15, -0.1) is 0 Å². The minimum Gasteiger partial charge on any atom is -0.363 e. The van der Waals surface area contributed by atoms with Gasteiger partial charge in [0.05, 0.1) is 0 Å². The first-order chi connectivity index (χ1) is 14.3. The van der Waals surface area contributed by atoms with Crippen molar-refractivity contribution in [1.82, 2.24) is 10.6 Å². The van der Waals surface area contributed by atoms with Crippen molar-refractivity contribution in [2.75, 3.05) is 18.8 Å². The predicted molar refractivity (Wildman–Crippen MR) is 136 cm³/mol. The molecule has 0 amide bonds. The SMILES string of the molecule is S=C(NCCCC1CCCCCCC1)NCC1CCCCC(CCCS)CCC1. The van der Waals surface area contributed by atoms with Crippen LogP contribution in [0.5, 0.6) is 0 Å². The molecule has 0 saturated heterocycles. The normalized spacial score (nSPS) is 25.1. The molecular formula is C25H48N2S2. The first kappa shape index (κ1) is 25.3. The highest BCUT2D eigenvalue weighted by atomic mass is 32.1. The molecule has 0 aromatic rings. The summed E-state index contributed by atoms with van der Waals surface area (Å²) >= 11 is 9.95. The number of nitrogens with one attached hydrogen (secondary N) is 2. The second-order valence-corrected chi connectivity index (χ2v) is 10.7. The Bertz CT molecular complexity index is 408. The van der Waals surface area contributed by atoms with Crippen LogP contribution in [0.1, 0.15) is 116 Å². The average molecular weight is 441 g/mol. The second kappa shape index (κ2) is 16.7. The Hall–Kier alpha value is 0.0400. The molecule has 29 heavy (non-hydrogen) atoms. The monoisotopic (exact) mass is 440 g/mol. The summed E-state index contributed by atoms with van der Waals surface area (Å²) < 4.78 is 0. The van der Waals surface area contributed by atoms with Crippen molar-refractivity contribution in [2.45, 2.75) is 116 Å². The summed E-state index contributed by atoms with van der Waals surface area (Å²) in [4.78, 5) is 0. The topological polar surface area (TPSA) is 24.1 Å². The zero-order valence-electron chi connectivity index (χ0n) is 18.9. The van der Waals surface area contributed by atoms with Crippen LogP contribution in [0, 0.1) is 17.8 Å². The van der Waals surface area contributed by atoms with Crippen LogP contribution in [0.2, 0.25) is 0 Å². The van der Waals surface area contributed by atoms with Crippen molar-refractivity contribution in [2.24, 2.45) is 17.8 Å². The fourth-order valence-corrected chi connectivity index (χ4v) is 5.81. The minimum atomic E-state index is 0.799. The van der Waals surface area contributed by atoms with E-state index >= 15 is 0 Å². The van der Waals surface area contributed by atoms with Crippen LogP contribution in [-0.2, 0) is 0 Å². The molecule has 2 saturated carbocycles. The molecule has 2 atom stereocenters. The van der Waals surface area contributed by atoms with Gasteiger partial charge in [-0.2, -0.15) is 12.6 Å². The van der Waals surface area contributed by atoms with E-state index in [9.17, 15) is 0 Å². The van der Waals surface area contributed by atoms with Crippen molar-refractivity contribution in [1.29, 1.82) is 0 Å². The summed E-state index contributed by atoms with van der Waals surface area (Å²) in [6.45, 7) is 2.11. The van der Waals surface area contributed by atoms with Gasteiger partial charge in [-0.25, -0.2) is 0 Å². The van der Waals surface area contributed by atoms with Gasteiger partial charge in [0.1, 0.15) is 0 Å². The Morgan fingerprint density at radius 1 is 0.655 bits per heavy atom. The smallest absolute Gasteiger partial charge is 0.166 e. The number of hydrogen-bond acceptors (Lipinski definition) is 2. The van der Waals surface area contributed by atoms with Crippen LogP contribution in [-0.4, -0.2) is 24.0 Å². The fraction of sp³-hybridized carbons (Fsp3) is 0.960. The van der Waals surface area contributed by atoms with Crippen LogP contribution in [0.3, 0.4) is 0 Å². The number of thiol groups is 1. The van der Waals surface area contributed by atoms with Crippen molar-refractivity contribution in [3.63, 3.8) is 0 Å². The molecule has 0 aliphatic heterocycles. The molecule has 170 valence electrons. The third-order valence-electron chi connectivity index (χ3n) is 7.32. The maximum Gasteiger partial charge on any atom is 0.166 e. The van der Waals surface area contributed by atoms with E-state index in [1.807, 2.05) is 0 Å². The third kappa shape index (κ3) is 12.5. The third-order valence-corrected chi connectivity index (χ3v) is 7.93. The zero-order chi connectivity index (χ0) is 20.6. The van der Waals surface area contributed by atoms with Gasteiger partial charge in [0.2, 0.25) is 0 Å². The molecule has 0 aromatic carbocycles. The van der Waals surface area contributed by atoms with Crippen LogP contribution in [0.25, 0.3) is 0 Å². The summed E-state index contributed by atoms with van der Waals surface area (Å²) in [5.41, 5.74) is 0. The average Bonchev–Trinajstić information content (AvgIpc) is 2.81. The van der Waals surface area contributed by atoms with E-state index in [2.05, 4.69) is 23.3 Å². The van der Waals surface area contributed by atoms with E-state index < -0.39 is 0 Å². The van der Waals surface area contributed by atoms with E-state index in [1.165, 1.54) is 116 Å². The van der Waals surface area contributed by atoms with Gasteiger partial charge >= 0.3 is 0 Å². The van der Waals surface area contributed by atoms with Gasteiger partial charge in [-0.1, -0.05) is 77.0 Å². The number of hydrogen-bond donors (Lipinski definition) is 3. The first-order valence-corrected chi connectivity index (χ1v) is 13.9. The molecule has 2 fully saturated rings. The maximum absolute atomic E-state index is 5.56. The maximum atomic E-state index is 5.56. The fourth-order valence-electron chi connectivity index (χ4n) is 5.44. The highest BCUT2D eigenvalue weighted by molar-refractivity contribution is 7.80. The molecule has 0 spiro atoms. The molecule has 0 bridgehead atoms. The van der Waals surface area contributed by atoms with E-state index in [0.717, 1.165) is 41.7 Å². The van der Waals surface area contributed by atoms with Gasteiger partial charge in [-0.05, 0) is 74.2 Å². The van der Waals surface area contributed by atoms with Gasteiger partial charge in [0.15, 0.2) is 5.11 Å². The largest absolute Gasteiger partial charge is 0.363 e. The molecule has 0 aromatic heterocycles. The van der Waals surface area contributed by atoms with Crippen LogP contribution < -0.4 is 10.6 Å². The molecular weight excluding hydrogens is 392 g/mol. The molecule has 0 radical (unpaired) electrons. The summed E-state index contributed by atoms with van der Waals surface area (Å²) in [7, 11) is 0. The van der Waals surface area contributed by atoms with Gasteiger partial charge < -0.3 is 10.6 Å². The zero-order valence-corrected chi connectivity index (χ0v) is 20.6. The van der Waals surface area contributed by atoms with E-state index in [4.69, 9.17) is 12.2 Å². The Kier molecular flexibility index (Phi) is 14.6. The van der Waals surface area contributed by atoms with Gasteiger partial charge in [0, 0.05) is 13.1 Å². The lowest BCUT2D eigenvalue weighted by atomic mass is 9.88. The highest BCUT2D eigenvalue weighted by Crippen LogP contribution is 2.28. The summed E-state index contributed by atoms with van der Waals surface area (Å²) in [6.07, 6.45) is 25.3. The number of rotatable bonds is 9. The molecule has 2 unspecified atom stereocenters. The molecule has 2 rings (SSSR count). The van der Waals surface area contributed by atoms with E-state index in [1.54, 1.807) is 0 Å². The summed E-state index contributed by atoms with van der Waals surface area (Å²) in [5, 5.41) is 7.89. The predicted octanol–water partition coefficient (Wildman–Crippen LogP) is 7.28. The van der Waals surface area contributed by atoms with Crippen molar-refractivity contribution >= 4 is 30.0 Å². The Labute approximate surface area is 192 Å². The molecule has 2 aliphatic rings. The van der Waals surface area contributed by atoms with Crippen molar-refractivity contribution in [3.05, 3.63) is 0 Å². The minimum absolute atomic E-state index is 0.799. The molecule has 2 N–H and O–H groups in total. The first-order valence-electron chi connectivity index (χ1n) is 12.9. The molecule has 0 heterocycles. The Morgan fingerprint density at radius 3 is 1.86 bits per heavy atom. The van der Waals surface area contributed by atoms with Crippen LogP contribution in [0.4, 0.5) is 0 Å². The van der Waals surface area contributed by atoms with Crippen LogP contribution >= 0.6 is 24.8 Å². The lowest BCUT2D eigenvalue weighted by molar-refractivity contribution is 0.352. The summed E-state index contributed by atoms with van der Waals surface area (Å²) in [5.74, 6) is 3.77. The standard InChI is InChI=1S/C25H48N2S2/c28-20-10-18-23-13-6-7-14-24(16-8-15-23)21-27-25(29)26-19-9-17-22-11-4-2-1-3-5-12-22/h22-24,28H,1-21H2,(H2,26,27,29). The van der Waals surface area contributed by atoms with Gasteiger partial charge in [-0.3, -0.25) is 0 Å². The molecule has 2 nitrogen and oxygen atoms in total. The summed E-state index contributed by atoms with van der Waals surface area (Å²) in [6, 6.07) is 0. The Balaban J connectivity index is 1.53. The Morgan fingerprint density at radius 2 is 1.17 bits per heavy atom. The molecule has 4 heteroatoms. The van der Waals surface area contributed by atoms with Crippen molar-refractivity contribution < 1.29 is 0 Å². The van der Waals surface area contributed by atoms with E-state index in [0.29, 0.717) is 0 Å². The second-order valence-electron chi connectivity index (χ2n) is 9.80. The highest BCUT2D eigenvalue weighted by Gasteiger charge is 2.16. The van der Waals surface area contributed by atoms with Gasteiger partial charge in [0.25, 0.3) is 0 Å². The van der Waals surface area contributed by atoms with Crippen LogP contribution in [0.15, 0.2) is 0 Å². The quantitative estimate of drug-likeness (QED) is 0.199. The van der Waals surface area contributed by atoms with Crippen molar-refractivity contribution in [3.8, 4) is 0 Å². The molecule has 2 aliphatic carbocycles.